The molecule has 0 unspecified atom stereocenters. The standard InChI is InChI=1S/C38H39N5O7/c1-4-29(44)47-22-28-33(49-30(45)5-2)34(50-31(46)6-3)37(48-28)43-24-41-32-35(39-23-40-36(32)43)42-38(25-16-10-7-11-17-25,26-18-12-8-13-19-26)27-20-14-9-15-21-27/h7-21,23-24,28,33-34,37H,4-6,22H2,1-3H3,(H,39,40,42)/t28-,33-,34+,37-/m1/s1. The molecule has 0 aliphatic carbocycles. The van der Waals surface area contributed by atoms with Crippen LogP contribution < -0.4 is 5.32 Å². The second kappa shape index (κ2) is 15.3. The summed E-state index contributed by atoms with van der Waals surface area (Å²) in [6, 6.07) is 30.2. The number of benzene rings is 3. The molecule has 1 saturated heterocycles. The molecule has 1 aliphatic heterocycles. The zero-order valence-electron chi connectivity index (χ0n) is 28.1. The molecule has 5 aromatic rings. The summed E-state index contributed by atoms with van der Waals surface area (Å²) >= 11 is 0. The third kappa shape index (κ3) is 6.79. The van der Waals surface area contributed by atoms with Gasteiger partial charge in [0.2, 0.25) is 0 Å². The molecule has 0 saturated carbocycles. The molecule has 0 spiro atoms. The normalized spacial score (nSPS) is 18.8. The topological polar surface area (TPSA) is 144 Å². The number of esters is 3. The van der Waals surface area contributed by atoms with Gasteiger partial charge in [-0.25, -0.2) is 15.0 Å². The Kier molecular flexibility index (Phi) is 10.5. The van der Waals surface area contributed by atoms with Crippen molar-refractivity contribution in [2.45, 2.75) is 70.1 Å². The molecule has 0 radical (unpaired) electrons. The number of ether oxygens (including phenoxy) is 4. The minimum absolute atomic E-state index is 0.0780. The smallest absolute Gasteiger partial charge is 0.306 e. The lowest BCUT2D eigenvalue weighted by Crippen LogP contribution is -2.41. The number of imidazole rings is 1. The van der Waals surface area contributed by atoms with Crippen LogP contribution in [0.1, 0.15) is 63.0 Å². The number of hydrogen-bond acceptors (Lipinski definition) is 11. The second-order valence-electron chi connectivity index (χ2n) is 11.7. The van der Waals surface area contributed by atoms with Crippen LogP contribution >= 0.6 is 0 Å². The molecule has 1 fully saturated rings. The summed E-state index contributed by atoms with van der Waals surface area (Å²) in [5.41, 5.74) is 2.82. The van der Waals surface area contributed by atoms with E-state index >= 15 is 0 Å². The average molecular weight is 678 g/mol. The first-order chi connectivity index (χ1) is 24.4. The Morgan fingerprint density at radius 3 is 1.76 bits per heavy atom. The van der Waals surface area contributed by atoms with E-state index < -0.39 is 48.0 Å². The van der Waals surface area contributed by atoms with E-state index in [4.69, 9.17) is 23.9 Å². The lowest BCUT2D eigenvalue weighted by Gasteiger charge is -2.37. The van der Waals surface area contributed by atoms with Gasteiger partial charge in [0.15, 0.2) is 35.4 Å². The van der Waals surface area contributed by atoms with E-state index in [-0.39, 0.29) is 25.9 Å². The van der Waals surface area contributed by atoms with Crippen molar-refractivity contribution in [3.63, 3.8) is 0 Å². The number of aromatic nitrogens is 4. The molecular formula is C38H39N5O7. The Morgan fingerprint density at radius 2 is 1.24 bits per heavy atom. The molecule has 0 bridgehead atoms. The van der Waals surface area contributed by atoms with E-state index in [1.807, 2.05) is 54.6 Å². The molecule has 258 valence electrons. The first kappa shape index (κ1) is 34.3. The molecule has 1 aliphatic rings. The molecule has 6 rings (SSSR count). The SMILES string of the molecule is CCC(=O)OC[C@H]1O[C@@H](n2cnc3c(NC(c4ccccc4)(c4ccccc4)c4ccccc4)ncnc32)[C@@H](OC(=O)CC)[C@@H]1OC(=O)CC. The van der Waals surface area contributed by atoms with Gasteiger partial charge in [-0.15, -0.1) is 0 Å². The number of fused-ring (bicyclic) bond motifs is 1. The van der Waals surface area contributed by atoms with Crippen LogP contribution in [0.2, 0.25) is 0 Å². The van der Waals surface area contributed by atoms with Gasteiger partial charge < -0.3 is 24.3 Å². The van der Waals surface area contributed by atoms with Gasteiger partial charge in [0.1, 0.15) is 24.6 Å². The number of hydrogen-bond donors (Lipinski definition) is 1. The number of carbonyl (C=O) groups excluding carboxylic acids is 3. The number of rotatable bonds is 13. The zero-order chi connectivity index (χ0) is 35.1. The van der Waals surface area contributed by atoms with Crippen molar-refractivity contribution in [1.82, 2.24) is 19.5 Å². The average Bonchev–Trinajstić information content (AvgIpc) is 3.75. The van der Waals surface area contributed by atoms with Gasteiger partial charge in [-0.3, -0.25) is 19.0 Å². The number of nitrogens with one attached hydrogen (secondary N) is 1. The monoisotopic (exact) mass is 677 g/mol. The molecular weight excluding hydrogens is 638 g/mol. The summed E-state index contributed by atoms with van der Waals surface area (Å²) in [5, 5.41) is 3.75. The van der Waals surface area contributed by atoms with Crippen molar-refractivity contribution in [3.05, 3.63) is 120 Å². The van der Waals surface area contributed by atoms with Gasteiger partial charge in [0, 0.05) is 19.3 Å². The Morgan fingerprint density at radius 1 is 0.720 bits per heavy atom. The van der Waals surface area contributed by atoms with Crippen molar-refractivity contribution in [2.75, 3.05) is 11.9 Å². The molecule has 12 nitrogen and oxygen atoms in total. The van der Waals surface area contributed by atoms with Crippen LogP contribution in [-0.2, 0) is 38.9 Å². The number of anilines is 1. The summed E-state index contributed by atoms with van der Waals surface area (Å²) in [7, 11) is 0. The summed E-state index contributed by atoms with van der Waals surface area (Å²) in [6.07, 6.45) is -0.856. The number of carbonyl (C=O) groups is 3. The molecule has 3 aromatic carbocycles. The van der Waals surface area contributed by atoms with Crippen molar-refractivity contribution in [1.29, 1.82) is 0 Å². The van der Waals surface area contributed by atoms with Crippen molar-refractivity contribution < 1.29 is 33.3 Å². The summed E-state index contributed by atoms with van der Waals surface area (Å²) < 4.78 is 25.0. The maximum atomic E-state index is 12.7. The van der Waals surface area contributed by atoms with Gasteiger partial charge in [0.05, 0.1) is 6.33 Å². The van der Waals surface area contributed by atoms with Crippen LogP contribution in [-0.4, -0.2) is 62.3 Å². The fraction of sp³-hybridized carbons (Fsp3) is 0.316. The van der Waals surface area contributed by atoms with Crippen LogP contribution in [0, 0.1) is 0 Å². The fourth-order valence-corrected chi connectivity index (χ4v) is 6.17. The maximum absolute atomic E-state index is 12.7. The highest BCUT2D eigenvalue weighted by Crippen LogP contribution is 2.41. The van der Waals surface area contributed by atoms with Crippen LogP contribution in [0.3, 0.4) is 0 Å². The molecule has 4 atom stereocenters. The zero-order valence-corrected chi connectivity index (χ0v) is 28.1. The highest BCUT2D eigenvalue weighted by atomic mass is 16.7. The van der Waals surface area contributed by atoms with Crippen molar-refractivity contribution >= 4 is 34.9 Å². The summed E-state index contributed by atoms with van der Waals surface area (Å²) in [6.45, 7) is 4.78. The van der Waals surface area contributed by atoms with E-state index in [1.54, 1.807) is 25.3 Å². The van der Waals surface area contributed by atoms with Gasteiger partial charge in [-0.1, -0.05) is 112 Å². The van der Waals surface area contributed by atoms with Gasteiger partial charge in [-0.05, 0) is 16.7 Å². The fourth-order valence-electron chi connectivity index (χ4n) is 6.17. The predicted molar refractivity (Wildman–Crippen MR) is 184 cm³/mol. The van der Waals surface area contributed by atoms with Gasteiger partial charge in [-0.2, -0.15) is 0 Å². The molecule has 1 N–H and O–H groups in total. The first-order valence-electron chi connectivity index (χ1n) is 16.7. The first-order valence-corrected chi connectivity index (χ1v) is 16.7. The lowest BCUT2D eigenvalue weighted by molar-refractivity contribution is -0.169. The third-order valence-electron chi connectivity index (χ3n) is 8.65. The molecule has 2 aromatic heterocycles. The largest absolute Gasteiger partial charge is 0.463 e. The second-order valence-corrected chi connectivity index (χ2v) is 11.7. The highest BCUT2D eigenvalue weighted by molar-refractivity contribution is 5.84. The van der Waals surface area contributed by atoms with E-state index in [0.717, 1.165) is 16.7 Å². The predicted octanol–water partition coefficient (Wildman–Crippen LogP) is 5.72. The van der Waals surface area contributed by atoms with Crippen LogP contribution in [0.4, 0.5) is 5.82 Å². The highest BCUT2D eigenvalue weighted by Gasteiger charge is 2.51. The quantitative estimate of drug-likeness (QED) is 0.0928. The third-order valence-corrected chi connectivity index (χ3v) is 8.65. The van der Waals surface area contributed by atoms with Crippen LogP contribution in [0.15, 0.2) is 104 Å². The van der Waals surface area contributed by atoms with Crippen LogP contribution in [0.5, 0.6) is 0 Å². The van der Waals surface area contributed by atoms with E-state index in [0.29, 0.717) is 17.0 Å². The Bertz CT molecular complexity index is 1820. The minimum Gasteiger partial charge on any atom is -0.463 e. The van der Waals surface area contributed by atoms with Crippen LogP contribution in [0.25, 0.3) is 11.2 Å². The van der Waals surface area contributed by atoms with E-state index in [2.05, 4.69) is 51.7 Å². The summed E-state index contributed by atoms with van der Waals surface area (Å²) in [4.78, 5) is 51.4. The van der Waals surface area contributed by atoms with E-state index in [9.17, 15) is 14.4 Å². The van der Waals surface area contributed by atoms with Crippen molar-refractivity contribution in [2.24, 2.45) is 0 Å². The van der Waals surface area contributed by atoms with Gasteiger partial charge >= 0.3 is 17.9 Å². The lowest BCUT2D eigenvalue weighted by atomic mass is 9.77. The summed E-state index contributed by atoms with van der Waals surface area (Å²) in [5.74, 6) is -1.05. The van der Waals surface area contributed by atoms with Crippen molar-refractivity contribution in [3.8, 4) is 0 Å². The number of nitrogens with zero attached hydrogens (tertiary/aromatic N) is 4. The molecule has 12 heteroatoms. The Hall–Kier alpha value is -5.62. The maximum Gasteiger partial charge on any atom is 0.306 e. The van der Waals surface area contributed by atoms with E-state index in [1.165, 1.54) is 12.7 Å². The Labute approximate surface area is 289 Å². The molecule has 0 amide bonds. The minimum atomic E-state index is -1.09. The Balaban J connectivity index is 1.46. The molecule has 50 heavy (non-hydrogen) atoms. The van der Waals surface area contributed by atoms with Gasteiger partial charge in [0.25, 0.3) is 0 Å². The molecule has 3 heterocycles.